The highest BCUT2D eigenvalue weighted by atomic mass is 16.2. The van der Waals surface area contributed by atoms with Crippen molar-refractivity contribution in [3.8, 4) is 0 Å². The van der Waals surface area contributed by atoms with Gasteiger partial charge in [0, 0.05) is 31.7 Å². The molecule has 2 heterocycles. The van der Waals surface area contributed by atoms with Gasteiger partial charge in [0.15, 0.2) is 0 Å². The molecular weight excluding hydrogens is 394 g/mol. The molecule has 4 amide bonds. The Balaban J connectivity index is 1.27. The molecule has 0 spiro atoms. The summed E-state index contributed by atoms with van der Waals surface area (Å²) in [6.45, 7) is 1.23. The van der Waals surface area contributed by atoms with E-state index < -0.39 is 0 Å². The molecule has 31 heavy (non-hydrogen) atoms. The van der Waals surface area contributed by atoms with Gasteiger partial charge in [0.2, 0.25) is 11.8 Å². The fourth-order valence-corrected chi connectivity index (χ4v) is 4.17. The third kappa shape index (κ3) is 4.50. The highest BCUT2D eigenvalue weighted by molar-refractivity contribution is 6.21. The molecule has 1 saturated heterocycles. The van der Waals surface area contributed by atoms with Crippen LogP contribution in [0.1, 0.15) is 46.4 Å². The van der Waals surface area contributed by atoms with Crippen LogP contribution in [0.15, 0.2) is 54.6 Å². The SMILES string of the molecule is O=C(Nc1ccccc1)C1CCCN(C(=O)CCCN2C(=O)c3ccccc3C2=O)C1. The van der Waals surface area contributed by atoms with E-state index in [0.29, 0.717) is 30.6 Å². The van der Waals surface area contributed by atoms with Crippen molar-refractivity contribution in [1.29, 1.82) is 0 Å². The lowest BCUT2D eigenvalue weighted by Crippen LogP contribution is -2.44. The van der Waals surface area contributed by atoms with E-state index >= 15 is 0 Å². The fourth-order valence-electron chi connectivity index (χ4n) is 4.17. The second kappa shape index (κ2) is 9.12. The van der Waals surface area contributed by atoms with E-state index in [-0.39, 0.29) is 42.5 Å². The second-order valence-electron chi connectivity index (χ2n) is 7.95. The van der Waals surface area contributed by atoms with Crippen LogP contribution in [-0.4, -0.2) is 53.1 Å². The largest absolute Gasteiger partial charge is 0.342 e. The molecule has 0 aromatic heterocycles. The zero-order valence-electron chi connectivity index (χ0n) is 17.3. The third-order valence-electron chi connectivity index (χ3n) is 5.84. The highest BCUT2D eigenvalue weighted by Crippen LogP contribution is 2.23. The maximum Gasteiger partial charge on any atom is 0.261 e. The highest BCUT2D eigenvalue weighted by Gasteiger charge is 2.35. The first-order valence-corrected chi connectivity index (χ1v) is 10.6. The number of rotatable bonds is 6. The zero-order chi connectivity index (χ0) is 21.8. The van der Waals surface area contributed by atoms with Gasteiger partial charge in [0.25, 0.3) is 11.8 Å². The molecule has 1 atom stereocenters. The molecule has 0 radical (unpaired) electrons. The number of nitrogens with zero attached hydrogens (tertiary/aromatic N) is 2. The summed E-state index contributed by atoms with van der Waals surface area (Å²) in [7, 11) is 0. The molecule has 2 aromatic rings. The van der Waals surface area contributed by atoms with Crippen molar-refractivity contribution in [3.63, 3.8) is 0 Å². The number of amides is 4. The molecule has 0 bridgehead atoms. The molecule has 1 N–H and O–H groups in total. The monoisotopic (exact) mass is 419 g/mol. The van der Waals surface area contributed by atoms with Gasteiger partial charge < -0.3 is 10.2 Å². The quantitative estimate of drug-likeness (QED) is 0.730. The first kappa shape index (κ1) is 20.8. The number of hydrogen-bond donors (Lipinski definition) is 1. The number of benzene rings is 2. The molecule has 1 unspecified atom stereocenters. The Morgan fingerprint density at radius 2 is 1.58 bits per heavy atom. The lowest BCUT2D eigenvalue weighted by atomic mass is 9.96. The Kier molecular flexibility index (Phi) is 6.11. The number of para-hydroxylation sites is 1. The van der Waals surface area contributed by atoms with Gasteiger partial charge in [-0.15, -0.1) is 0 Å². The van der Waals surface area contributed by atoms with E-state index in [1.54, 1.807) is 29.2 Å². The molecule has 7 nitrogen and oxygen atoms in total. The summed E-state index contributed by atoms with van der Waals surface area (Å²) in [4.78, 5) is 53.0. The number of carbonyl (C=O) groups is 4. The summed E-state index contributed by atoms with van der Waals surface area (Å²) >= 11 is 0. The van der Waals surface area contributed by atoms with Crippen molar-refractivity contribution < 1.29 is 19.2 Å². The Bertz CT molecular complexity index is 970. The second-order valence-corrected chi connectivity index (χ2v) is 7.95. The van der Waals surface area contributed by atoms with Crippen LogP contribution in [0.25, 0.3) is 0 Å². The topological polar surface area (TPSA) is 86.8 Å². The summed E-state index contributed by atoms with van der Waals surface area (Å²) in [5.74, 6) is -0.968. The molecular formula is C24H25N3O4. The van der Waals surface area contributed by atoms with Gasteiger partial charge in [0.1, 0.15) is 0 Å². The molecule has 2 aromatic carbocycles. The van der Waals surface area contributed by atoms with Crippen LogP contribution in [-0.2, 0) is 9.59 Å². The Morgan fingerprint density at radius 1 is 0.935 bits per heavy atom. The van der Waals surface area contributed by atoms with Crippen LogP contribution in [0.2, 0.25) is 0 Å². The number of likely N-dealkylation sites (tertiary alicyclic amines) is 1. The normalized spacial score (nSPS) is 18.1. The molecule has 0 saturated carbocycles. The number of piperidine rings is 1. The van der Waals surface area contributed by atoms with Gasteiger partial charge in [0.05, 0.1) is 17.0 Å². The number of hydrogen-bond acceptors (Lipinski definition) is 4. The standard InChI is InChI=1S/C24H25N3O4/c28-21(13-7-15-27-23(30)19-11-4-5-12-20(19)24(27)31)26-14-6-8-17(16-26)22(29)25-18-9-2-1-3-10-18/h1-5,9-12,17H,6-8,13-16H2,(H,25,29). The summed E-state index contributed by atoms with van der Waals surface area (Å²) < 4.78 is 0. The minimum atomic E-state index is -0.302. The van der Waals surface area contributed by atoms with E-state index in [0.717, 1.165) is 18.5 Å². The van der Waals surface area contributed by atoms with Crippen molar-refractivity contribution in [2.24, 2.45) is 5.92 Å². The Morgan fingerprint density at radius 3 is 2.26 bits per heavy atom. The number of anilines is 1. The van der Waals surface area contributed by atoms with Crippen LogP contribution < -0.4 is 5.32 Å². The lowest BCUT2D eigenvalue weighted by molar-refractivity contribution is -0.134. The van der Waals surface area contributed by atoms with Crippen molar-refractivity contribution >= 4 is 29.3 Å². The number of imide groups is 1. The average Bonchev–Trinajstić information content (AvgIpc) is 3.05. The molecule has 2 aliphatic heterocycles. The van der Waals surface area contributed by atoms with Crippen molar-refractivity contribution in [1.82, 2.24) is 9.80 Å². The van der Waals surface area contributed by atoms with Crippen LogP contribution in [0.5, 0.6) is 0 Å². The molecule has 4 rings (SSSR count). The summed E-state index contributed by atoms with van der Waals surface area (Å²) in [6.07, 6.45) is 2.16. The van der Waals surface area contributed by atoms with Gasteiger partial charge in [-0.2, -0.15) is 0 Å². The molecule has 7 heteroatoms. The van der Waals surface area contributed by atoms with Crippen molar-refractivity contribution in [3.05, 3.63) is 65.7 Å². The minimum absolute atomic E-state index is 0.0474. The number of fused-ring (bicyclic) bond motifs is 1. The van der Waals surface area contributed by atoms with Crippen molar-refractivity contribution in [2.75, 3.05) is 25.0 Å². The van der Waals surface area contributed by atoms with E-state index in [1.807, 2.05) is 30.3 Å². The summed E-state index contributed by atoms with van der Waals surface area (Å²) in [6, 6.07) is 16.0. The first-order chi connectivity index (χ1) is 15.0. The number of carbonyl (C=O) groups excluding carboxylic acids is 4. The summed E-state index contributed by atoms with van der Waals surface area (Å²) in [5, 5.41) is 2.91. The van der Waals surface area contributed by atoms with E-state index in [4.69, 9.17) is 0 Å². The van der Waals surface area contributed by atoms with Crippen LogP contribution in [0.3, 0.4) is 0 Å². The van der Waals surface area contributed by atoms with Gasteiger partial charge in [-0.05, 0) is 43.5 Å². The van der Waals surface area contributed by atoms with Crippen LogP contribution >= 0.6 is 0 Å². The third-order valence-corrected chi connectivity index (χ3v) is 5.84. The lowest BCUT2D eigenvalue weighted by Gasteiger charge is -2.32. The predicted molar refractivity (Wildman–Crippen MR) is 115 cm³/mol. The average molecular weight is 419 g/mol. The van der Waals surface area contributed by atoms with Gasteiger partial charge in [-0.25, -0.2) is 0 Å². The van der Waals surface area contributed by atoms with Gasteiger partial charge >= 0.3 is 0 Å². The van der Waals surface area contributed by atoms with E-state index in [1.165, 1.54) is 4.90 Å². The Labute approximate surface area is 181 Å². The zero-order valence-corrected chi connectivity index (χ0v) is 17.3. The van der Waals surface area contributed by atoms with E-state index in [9.17, 15) is 19.2 Å². The van der Waals surface area contributed by atoms with E-state index in [2.05, 4.69) is 5.32 Å². The maximum absolute atomic E-state index is 12.7. The smallest absolute Gasteiger partial charge is 0.261 e. The molecule has 1 fully saturated rings. The fraction of sp³-hybridized carbons (Fsp3) is 0.333. The number of nitrogens with one attached hydrogen (secondary N) is 1. The predicted octanol–water partition coefficient (Wildman–Crippen LogP) is 2.94. The molecule has 0 aliphatic carbocycles. The molecule has 160 valence electrons. The maximum atomic E-state index is 12.7. The molecule has 2 aliphatic rings. The van der Waals surface area contributed by atoms with Crippen LogP contribution in [0.4, 0.5) is 5.69 Å². The van der Waals surface area contributed by atoms with Crippen LogP contribution in [0, 0.1) is 5.92 Å². The van der Waals surface area contributed by atoms with Gasteiger partial charge in [-0.3, -0.25) is 24.1 Å². The Hall–Kier alpha value is -3.48. The van der Waals surface area contributed by atoms with Crippen molar-refractivity contribution in [2.45, 2.75) is 25.7 Å². The minimum Gasteiger partial charge on any atom is -0.342 e. The van der Waals surface area contributed by atoms with Gasteiger partial charge in [-0.1, -0.05) is 30.3 Å². The summed E-state index contributed by atoms with van der Waals surface area (Å²) in [5.41, 5.74) is 1.58. The first-order valence-electron chi connectivity index (χ1n) is 10.6.